The molecule has 2 rings (SSSR count). The molecule has 0 aliphatic heterocycles. The standard InChI is InChI=1S/C16H25N2O5P/c1-5-22-24(19,20)23-12-18-11-13(8-9-17(2)3)15-10-14(21-4)6-7-16(15)18/h6-7,10-11H,5,8-9,12H2,1-4H3,(H,19,20). The highest BCUT2D eigenvalue weighted by atomic mass is 31.2. The van der Waals surface area contributed by atoms with Gasteiger partial charge in [-0.3, -0.25) is 9.05 Å². The van der Waals surface area contributed by atoms with Gasteiger partial charge in [0, 0.05) is 18.1 Å². The highest BCUT2D eigenvalue weighted by Crippen LogP contribution is 2.43. The molecule has 0 aliphatic carbocycles. The molecule has 1 atom stereocenters. The van der Waals surface area contributed by atoms with E-state index in [1.165, 1.54) is 0 Å². The molecule has 0 saturated heterocycles. The molecule has 1 unspecified atom stereocenters. The minimum absolute atomic E-state index is 0.0570. The number of likely N-dealkylation sites (N-methyl/N-ethyl adjacent to an activating group) is 1. The Hall–Kier alpha value is -1.37. The Morgan fingerprint density at radius 2 is 2.04 bits per heavy atom. The summed E-state index contributed by atoms with van der Waals surface area (Å²) in [5, 5.41) is 1.05. The van der Waals surface area contributed by atoms with Crippen molar-refractivity contribution in [2.75, 3.05) is 34.4 Å². The Labute approximate surface area is 142 Å². The second-order valence-corrected chi connectivity index (χ2v) is 7.16. The van der Waals surface area contributed by atoms with Crippen LogP contribution >= 0.6 is 7.82 Å². The van der Waals surface area contributed by atoms with Gasteiger partial charge in [-0.1, -0.05) is 0 Å². The summed E-state index contributed by atoms with van der Waals surface area (Å²) in [6.45, 7) is 2.60. The van der Waals surface area contributed by atoms with Crippen LogP contribution in [0.3, 0.4) is 0 Å². The maximum absolute atomic E-state index is 11.7. The molecule has 0 fully saturated rings. The molecule has 2 aromatic rings. The fourth-order valence-electron chi connectivity index (χ4n) is 2.46. The lowest BCUT2D eigenvalue weighted by Gasteiger charge is -2.12. The number of hydrogen-bond donors (Lipinski definition) is 1. The molecular formula is C16H25N2O5P. The predicted octanol–water partition coefficient (Wildman–Crippen LogP) is 2.87. The topological polar surface area (TPSA) is 73.2 Å². The van der Waals surface area contributed by atoms with E-state index < -0.39 is 7.82 Å². The van der Waals surface area contributed by atoms with Gasteiger partial charge >= 0.3 is 7.82 Å². The van der Waals surface area contributed by atoms with Crippen molar-refractivity contribution in [1.82, 2.24) is 9.47 Å². The third kappa shape index (κ3) is 4.82. The van der Waals surface area contributed by atoms with E-state index in [9.17, 15) is 9.46 Å². The number of phosphoric acid groups is 1. The van der Waals surface area contributed by atoms with Gasteiger partial charge in [0.2, 0.25) is 0 Å². The molecule has 0 aliphatic rings. The zero-order valence-electron chi connectivity index (χ0n) is 14.6. The summed E-state index contributed by atoms with van der Waals surface area (Å²) in [5.74, 6) is 0.773. The van der Waals surface area contributed by atoms with Crippen molar-refractivity contribution in [3.63, 3.8) is 0 Å². The van der Waals surface area contributed by atoms with Gasteiger partial charge in [-0.25, -0.2) is 4.57 Å². The molecule has 7 nitrogen and oxygen atoms in total. The number of methoxy groups -OCH3 is 1. The average molecular weight is 356 g/mol. The van der Waals surface area contributed by atoms with Gasteiger partial charge in [0.15, 0.2) is 0 Å². The van der Waals surface area contributed by atoms with E-state index in [1.54, 1.807) is 14.0 Å². The van der Waals surface area contributed by atoms with Gasteiger partial charge in [0.05, 0.1) is 19.2 Å². The smallest absolute Gasteiger partial charge is 0.473 e. The molecular weight excluding hydrogens is 331 g/mol. The normalized spacial score (nSPS) is 14.2. The van der Waals surface area contributed by atoms with Crippen LogP contribution in [0.1, 0.15) is 12.5 Å². The first-order chi connectivity index (χ1) is 11.4. The zero-order valence-corrected chi connectivity index (χ0v) is 15.5. The molecule has 0 amide bonds. The van der Waals surface area contributed by atoms with Crippen LogP contribution < -0.4 is 4.74 Å². The molecule has 8 heteroatoms. The van der Waals surface area contributed by atoms with E-state index in [1.807, 2.05) is 43.1 Å². The number of hydrogen-bond acceptors (Lipinski definition) is 5. The van der Waals surface area contributed by atoms with Crippen molar-refractivity contribution in [3.05, 3.63) is 30.0 Å². The highest BCUT2D eigenvalue weighted by molar-refractivity contribution is 7.47. The fourth-order valence-corrected chi connectivity index (χ4v) is 3.13. The summed E-state index contributed by atoms with van der Waals surface area (Å²) in [4.78, 5) is 11.7. The van der Waals surface area contributed by atoms with E-state index in [-0.39, 0.29) is 13.3 Å². The fraction of sp³-hybridized carbons (Fsp3) is 0.500. The Kier molecular flexibility index (Phi) is 6.43. The van der Waals surface area contributed by atoms with Gasteiger partial charge in [-0.2, -0.15) is 0 Å². The largest absolute Gasteiger partial charge is 0.497 e. The molecule has 0 radical (unpaired) electrons. The Bertz CT molecular complexity index is 729. The van der Waals surface area contributed by atoms with Crippen LogP contribution in [0.2, 0.25) is 0 Å². The molecule has 134 valence electrons. The lowest BCUT2D eigenvalue weighted by molar-refractivity contribution is 0.125. The summed E-state index contributed by atoms with van der Waals surface area (Å²) in [6.07, 6.45) is 2.80. The van der Waals surface area contributed by atoms with Gasteiger partial charge in [-0.15, -0.1) is 0 Å². The monoisotopic (exact) mass is 356 g/mol. The molecule has 24 heavy (non-hydrogen) atoms. The number of nitrogens with zero attached hydrogens (tertiary/aromatic N) is 2. The van der Waals surface area contributed by atoms with E-state index in [0.29, 0.717) is 0 Å². The summed E-state index contributed by atoms with van der Waals surface area (Å²) >= 11 is 0. The maximum Gasteiger partial charge on any atom is 0.473 e. The van der Waals surface area contributed by atoms with Crippen molar-refractivity contribution in [3.8, 4) is 5.75 Å². The third-order valence-electron chi connectivity index (χ3n) is 3.65. The number of aromatic nitrogens is 1. The predicted molar refractivity (Wildman–Crippen MR) is 93.3 cm³/mol. The van der Waals surface area contributed by atoms with Gasteiger partial charge < -0.3 is 19.1 Å². The van der Waals surface area contributed by atoms with Crippen LogP contribution in [0.15, 0.2) is 24.4 Å². The van der Waals surface area contributed by atoms with Gasteiger partial charge in [-0.05, 0) is 51.2 Å². The maximum atomic E-state index is 11.7. The van der Waals surface area contributed by atoms with Crippen molar-refractivity contribution < 1.29 is 23.2 Å². The first-order valence-electron chi connectivity index (χ1n) is 7.78. The van der Waals surface area contributed by atoms with E-state index >= 15 is 0 Å². The summed E-state index contributed by atoms with van der Waals surface area (Å²) in [7, 11) is 1.64. The molecule has 0 bridgehead atoms. The number of rotatable bonds is 9. The average Bonchev–Trinajstić information content (AvgIpc) is 2.88. The van der Waals surface area contributed by atoms with Crippen LogP contribution in [0, 0.1) is 0 Å². The van der Waals surface area contributed by atoms with Crippen molar-refractivity contribution >= 4 is 18.7 Å². The molecule has 1 aromatic heterocycles. The first-order valence-corrected chi connectivity index (χ1v) is 9.28. The highest BCUT2D eigenvalue weighted by Gasteiger charge is 2.21. The molecule has 1 aromatic carbocycles. The lowest BCUT2D eigenvalue weighted by Crippen LogP contribution is -2.14. The first kappa shape index (κ1) is 19.0. The Balaban J connectivity index is 2.30. The van der Waals surface area contributed by atoms with Crippen molar-refractivity contribution in [2.24, 2.45) is 0 Å². The molecule has 1 heterocycles. The summed E-state index contributed by atoms with van der Waals surface area (Å²) in [6, 6.07) is 5.74. The van der Waals surface area contributed by atoms with E-state index in [2.05, 4.69) is 4.90 Å². The van der Waals surface area contributed by atoms with Crippen LogP contribution in [-0.2, 0) is 26.8 Å². The number of ether oxygens (including phenoxy) is 1. The zero-order chi connectivity index (χ0) is 17.7. The van der Waals surface area contributed by atoms with Crippen LogP contribution in [0.4, 0.5) is 0 Å². The second kappa shape index (κ2) is 8.14. The van der Waals surface area contributed by atoms with Crippen molar-refractivity contribution in [1.29, 1.82) is 0 Å². The number of fused-ring (bicyclic) bond motifs is 1. The van der Waals surface area contributed by atoms with Crippen LogP contribution in [-0.4, -0.2) is 48.7 Å². The summed E-state index contributed by atoms with van der Waals surface area (Å²) < 4.78 is 28.6. The van der Waals surface area contributed by atoms with Crippen LogP contribution in [0.25, 0.3) is 10.9 Å². The summed E-state index contributed by atoms with van der Waals surface area (Å²) in [5.41, 5.74) is 2.05. The van der Waals surface area contributed by atoms with Crippen LogP contribution in [0.5, 0.6) is 5.75 Å². The SMILES string of the molecule is CCOP(=O)(O)OCn1cc(CCN(C)C)c2cc(OC)ccc21. The van der Waals surface area contributed by atoms with Gasteiger partial charge in [0.1, 0.15) is 12.5 Å². The quantitative estimate of drug-likeness (QED) is 0.697. The molecule has 0 spiro atoms. The Morgan fingerprint density at radius 3 is 2.67 bits per heavy atom. The van der Waals surface area contributed by atoms with E-state index in [4.69, 9.17) is 13.8 Å². The number of benzene rings is 1. The van der Waals surface area contributed by atoms with Crippen molar-refractivity contribution in [2.45, 2.75) is 20.1 Å². The minimum atomic E-state index is -4.03. The Morgan fingerprint density at radius 1 is 1.29 bits per heavy atom. The van der Waals surface area contributed by atoms with Gasteiger partial charge in [0.25, 0.3) is 0 Å². The third-order valence-corrected chi connectivity index (χ3v) is 4.68. The second-order valence-electron chi connectivity index (χ2n) is 5.71. The molecule has 1 N–H and O–H groups in total. The molecule has 0 saturated carbocycles. The number of phosphoric ester groups is 1. The minimum Gasteiger partial charge on any atom is -0.497 e. The lowest BCUT2D eigenvalue weighted by atomic mass is 10.1. The van der Waals surface area contributed by atoms with E-state index in [0.717, 1.165) is 35.2 Å².